The molecular formula is C44H36N4O6. The van der Waals surface area contributed by atoms with E-state index in [9.17, 15) is 9.59 Å². The van der Waals surface area contributed by atoms with Crippen LogP contribution in [0.25, 0.3) is 44.6 Å². The molecule has 0 amide bonds. The first-order valence-electron chi connectivity index (χ1n) is 17.7. The molecule has 0 aliphatic rings. The van der Waals surface area contributed by atoms with E-state index in [0.717, 1.165) is 22.4 Å². The molecule has 8 aromatic rings. The number of benzene rings is 5. The van der Waals surface area contributed by atoms with E-state index in [4.69, 9.17) is 18.3 Å². The molecule has 10 heteroatoms. The summed E-state index contributed by atoms with van der Waals surface area (Å²) in [7, 11) is 0. The number of hydrogen-bond acceptors (Lipinski definition) is 9. The maximum atomic E-state index is 12.9. The van der Waals surface area contributed by atoms with Gasteiger partial charge in [-0.1, -0.05) is 102 Å². The molecule has 54 heavy (non-hydrogen) atoms. The van der Waals surface area contributed by atoms with E-state index in [2.05, 4.69) is 27.3 Å². The highest BCUT2D eigenvalue weighted by Crippen LogP contribution is 2.29. The van der Waals surface area contributed by atoms with E-state index in [-0.39, 0.29) is 10.9 Å². The molecule has 0 atom stereocenters. The smallest absolute Gasteiger partial charge is 0.193 e. The molecule has 0 radical (unpaired) electrons. The van der Waals surface area contributed by atoms with Crippen LogP contribution in [0.3, 0.4) is 0 Å². The van der Waals surface area contributed by atoms with Crippen LogP contribution in [0.5, 0.6) is 11.5 Å². The summed E-state index contributed by atoms with van der Waals surface area (Å²) in [6.45, 7) is 2.97. The Bertz CT molecular complexity index is 2620. The second kappa shape index (κ2) is 15.9. The molecule has 3 heterocycles. The molecule has 268 valence electrons. The molecule has 0 fully saturated rings. The molecule has 0 bridgehead atoms. The summed E-state index contributed by atoms with van der Waals surface area (Å²) in [5.74, 6) is 2.10. The van der Waals surface area contributed by atoms with Gasteiger partial charge in [-0.2, -0.15) is 0 Å². The third-order valence-electron chi connectivity index (χ3n) is 9.01. The molecule has 0 unspecified atom stereocenters. The Kier molecular flexibility index (Phi) is 10.1. The minimum absolute atomic E-state index is 0.102. The van der Waals surface area contributed by atoms with Crippen LogP contribution in [-0.2, 0) is 19.6 Å². The third-order valence-corrected chi connectivity index (χ3v) is 9.01. The maximum Gasteiger partial charge on any atom is 0.193 e. The molecule has 0 spiro atoms. The second-order valence-electron chi connectivity index (χ2n) is 12.8. The zero-order valence-corrected chi connectivity index (χ0v) is 29.3. The highest BCUT2D eigenvalue weighted by atomic mass is 16.5. The first-order chi connectivity index (χ1) is 26.6. The molecule has 0 saturated heterocycles. The Morgan fingerprint density at radius 1 is 0.630 bits per heavy atom. The summed E-state index contributed by atoms with van der Waals surface area (Å²) >= 11 is 0. The van der Waals surface area contributed by atoms with Crippen molar-refractivity contribution >= 4 is 21.9 Å². The van der Waals surface area contributed by atoms with Gasteiger partial charge >= 0.3 is 0 Å². The minimum Gasteiger partial charge on any atom is -0.492 e. The number of ether oxygens (including phenoxy) is 2. The number of fused-ring (bicyclic) bond motifs is 2. The molecule has 5 aromatic carbocycles. The molecule has 0 saturated carbocycles. The van der Waals surface area contributed by atoms with E-state index >= 15 is 0 Å². The predicted molar refractivity (Wildman–Crippen MR) is 207 cm³/mol. The van der Waals surface area contributed by atoms with Crippen molar-refractivity contribution in [1.29, 1.82) is 0 Å². The van der Waals surface area contributed by atoms with Gasteiger partial charge in [0.1, 0.15) is 36.1 Å². The van der Waals surface area contributed by atoms with Crippen molar-refractivity contribution in [3.63, 3.8) is 0 Å². The number of rotatable bonds is 14. The monoisotopic (exact) mass is 716 g/mol. The summed E-state index contributed by atoms with van der Waals surface area (Å²) in [5, 5.41) is 9.76. The van der Waals surface area contributed by atoms with E-state index in [1.165, 1.54) is 12.1 Å². The van der Waals surface area contributed by atoms with Gasteiger partial charge in [0.05, 0.1) is 23.0 Å². The van der Waals surface area contributed by atoms with Gasteiger partial charge in [0, 0.05) is 55.2 Å². The fourth-order valence-electron chi connectivity index (χ4n) is 6.33. The normalized spacial score (nSPS) is 11.4. The van der Waals surface area contributed by atoms with Crippen LogP contribution in [0.4, 0.5) is 0 Å². The van der Waals surface area contributed by atoms with Gasteiger partial charge < -0.3 is 18.3 Å². The van der Waals surface area contributed by atoms with Crippen LogP contribution in [0.2, 0.25) is 0 Å². The van der Waals surface area contributed by atoms with Gasteiger partial charge in [0.25, 0.3) is 0 Å². The maximum absolute atomic E-state index is 12.9. The Morgan fingerprint density at radius 3 is 2.06 bits per heavy atom. The Labute approximate surface area is 310 Å². The second-order valence-corrected chi connectivity index (χ2v) is 12.8. The predicted octanol–water partition coefficient (Wildman–Crippen LogP) is 7.99. The Morgan fingerprint density at radius 2 is 1.31 bits per heavy atom. The highest BCUT2D eigenvalue weighted by molar-refractivity contribution is 5.84. The SMILES string of the molecule is O=c1cc(-c2ccccc2)oc2cc(OCCN(Cc3ccccc3)Cc3cn(CCOc4cccc5c(=O)cc(-c6ccccc6)oc45)nn3)ccc12. The van der Waals surface area contributed by atoms with Crippen LogP contribution in [0.1, 0.15) is 11.3 Å². The number of nitrogens with zero attached hydrogens (tertiary/aromatic N) is 4. The van der Waals surface area contributed by atoms with Gasteiger partial charge in [-0.25, -0.2) is 4.68 Å². The minimum atomic E-state index is -0.130. The van der Waals surface area contributed by atoms with E-state index < -0.39 is 0 Å². The first-order valence-corrected chi connectivity index (χ1v) is 17.7. The van der Waals surface area contributed by atoms with E-state index in [1.54, 1.807) is 41.1 Å². The van der Waals surface area contributed by atoms with Gasteiger partial charge in [-0.3, -0.25) is 14.5 Å². The summed E-state index contributed by atoms with van der Waals surface area (Å²) in [6.07, 6.45) is 1.91. The summed E-state index contributed by atoms with van der Waals surface area (Å²) in [5.41, 5.74) is 4.27. The van der Waals surface area contributed by atoms with Crippen LogP contribution in [0.15, 0.2) is 164 Å². The quantitative estimate of drug-likeness (QED) is 0.111. The highest BCUT2D eigenvalue weighted by Gasteiger charge is 2.14. The molecule has 0 N–H and O–H groups in total. The van der Waals surface area contributed by atoms with Crippen LogP contribution >= 0.6 is 0 Å². The zero-order valence-electron chi connectivity index (χ0n) is 29.3. The molecule has 3 aromatic heterocycles. The number of aromatic nitrogens is 3. The topological polar surface area (TPSA) is 113 Å². The third kappa shape index (κ3) is 7.99. The standard InChI is InChI=1S/C44H36N4O6/c49-38-26-41(32-13-6-2-7-14-32)53-43-25-35(19-20-36(38)43)51-23-21-47(28-31-11-4-1-5-12-31)29-34-30-48(46-45-34)22-24-52-40-18-10-17-37-39(50)27-42(54-44(37)40)33-15-8-3-9-16-33/h1-20,25-27,30H,21-24,28-29H2. The van der Waals surface area contributed by atoms with Crippen LogP contribution in [-0.4, -0.2) is 39.7 Å². The average molecular weight is 717 g/mol. The molecule has 0 aliphatic heterocycles. The number of para-hydroxylation sites is 1. The zero-order chi connectivity index (χ0) is 36.7. The molecule has 0 aliphatic carbocycles. The fraction of sp³-hybridized carbons (Fsp3) is 0.136. The summed E-state index contributed by atoms with van der Waals surface area (Å²) < 4.78 is 26.3. The Balaban J connectivity index is 0.920. The first kappa shape index (κ1) is 34.3. The van der Waals surface area contributed by atoms with Crippen molar-refractivity contribution in [3.8, 4) is 34.1 Å². The van der Waals surface area contributed by atoms with Crippen LogP contribution < -0.4 is 20.3 Å². The summed E-state index contributed by atoms with van der Waals surface area (Å²) in [4.78, 5) is 28.0. The lowest BCUT2D eigenvalue weighted by molar-refractivity contribution is 0.194. The lowest BCUT2D eigenvalue weighted by Crippen LogP contribution is -2.28. The van der Waals surface area contributed by atoms with E-state index in [1.807, 2.05) is 85.1 Å². The van der Waals surface area contributed by atoms with Gasteiger partial charge in [0.2, 0.25) is 0 Å². The summed E-state index contributed by atoms with van der Waals surface area (Å²) in [6, 6.07) is 43.0. The number of hydrogen-bond donors (Lipinski definition) is 0. The van der Waals surface area contributed by atoms with Crippen molar-refractivity contribution in [1.82, 2.24) is 19.9 Å². The van der Waals surface area contributed by atoms with Gasteiger partial charge in [0.15, 0.2) is 22.2 Å². The fourth-order valence-corrected chi connectivity index (χ4v) is 6.33. The lowest BCUT2D eigenvalue weighted by Gasteiger charge is -2.21. The molecule has 8 rings (SSSR count). The average Bonchev–Trinajstić information content (AvgIpc) is 3.65. The van der Waals surface area contributed by atoms with Crippen molar-refractivity contribution in [2.24, 2.45) is 0 Å². The van der Waals surface area contributed by atoms with Crippen molar-refractivity contribution in [2.45, 2.75) is 19.6 Å². The van der Waals surface area contributed by atoms with Crippen molar-refractivity contribution < 1.29 is 18.3 Å². The molecule has 10 nitrogen and oxygen atoms in total. The van der Waals surface area contributed by atoms with Crippen molar-refractivity contribution in [3.05, 3.63) is 177 Å². The lowest BCUT2D eigenvalue weighted by atomic mass is 10.1. The largest absolute Gasteiger partial charge is 0.492 e. The molecular weight excluding hydrogens is 681 g/mol. The van der Waals surface area contributed by atoms with Crippen LogP contribution in [0, 0.1) is 0 Å². The van der Waals surface area contributed by atoms with E-state index in [0.29, 0.717) is 84.4 Å². The van der Waals surface area contributed by atoms with Gasteiger partial charge in [-0.15, -0.1) is 5.10 Å². The van der Waals surface area contributed by atoms with Gasteiger partial charge in [-0.05, 0) is 29.8 Å². The Hall–Kier alpha value is -6.78. The van der Waals surface area contributed by atoms with Crippen molar-refractivity contribution in [2.75, 3.05) is 19.8 Å².